The number of nitrogens with zero attached hydrogens (tertiary/aromatic N) is 4. The van der Waals surface area contributed by atoms with Crippen molar-refractivity contribution in [1.29, 1.82) is 0 Å². The summed E-state index contributed by atoms with van der Waals surface area (Å²) < 4.78 is 0. The average molecular weight is 416 g/mol. The van der Waals surface area contributed by atoms with Crippen molar-refractivity contribution in [1.82, 2.24) is 20.0 Å². The molecule has 7 heteroatoms. The lowest BCUT2D eigenvalue weighted by Crippen LogP contribution is -2.51. The van der Waals surface area contributed by atoms with Gasteiger partial charge in [-0.15, -0.1) is 0 Å². The lowest BCUT2D eigenvalue weighted by Gasteiger charge is -2.38. The van der Waals surface area contributed by atoms with Crippen LogP contribution in [0.15, 0.2) is 24.3 Å². The quantitative estimate of drug-likeness (QED) is 0.731. The zero-order valence-corrected chi connectivity index (χ0v) is 18.8. The van der Waals surface area contributed by atoms with Gasteiger partial charge in [0, 0.05) is 76.2 Å². The summed E-state index contributed by atoms with van der Waals surface area (Å²) in [6.45, 7) is 14.7. The summed E-state index contributed by atoms with van der Waals surface area (Å²) in [5.74, 6) is 0.155. The zero-order chi connectivity index (χ0) is 21.5. The Morgan fingerprint density at radius 1 is 0.933 bits per heavy atom. The number of hydrogen-bond donors (Lipinski definition) is 1. The molecule has 1 aromatic rings. The third-order valence-electron chi connectivity index (χ3n) is 6.12. The van der Waals surface area contributed by atoms with Crippen LogP contribution in [0.3, 0.4) is 0 Å². The smallest absolute Gasteiger partial charge is 0.253 e. The number of amides is 2. The zero-order valence-electron chi connectivity index (χ0n) is 18.8. The SMILES string of the molecule is CCCNC(=O)CN1CCN(C(=O)c2ccc(N3CCN(C(C)C)CC3)cc2)CC1. The van der Waals surface area contributed by atoms with E-state index in [1.54, 1.807) is 0 Å². The molecule has 2 aliphatic rings. The van der Waals surface area contributed by atoms with Crippen LogP contribution >= 0.6 is 0 Å². The van der Waals surface area contributed by atoms with E-state index in [0.29, 0.717) is 25.7 Å². The van der Waals surface area contributed by atoms with Crippen molar-refractivity contribution in [2.75, 3.05) is 70.3 Å². The van der Waals surface area contributed by atoms with E-state index in [4.69, 9.17) is 0 Å². The molecule has 0 atom stereocenters. The summed E-state index contributed by atoms with van der Waals surface area (Å²) in [5, 5.41) is 2.91. The molecule has 1 aromatic carbocycles. The Labute approximate surface area is 181 Å². The monoisotopic (exact) mass is 415 g/mol. The molecule has 0 radical (unpaired) electrons. The van der Waals surface area contributed by atoms with Crippen LogP contribution < -0.4 is 10.2 Å². The highest BCUT2D eigenvalue weighted by molar-refractivity contribution is 5.94. The molecule has 2 amide bonds. The van der Waals surface area contributed by atoms with Crippen molar-refractivity contribution in [3.8, 4) is 0 Å². The van der Waals surface area contributed by atoms with Crippen LogP contribution in [-0.2, 0) is 4.79 Å². The predicted molar refractivity (Wildman–Crippen MR) is 121 cm³/mol. The minimum atomic E-state index is 0.0708. The fourth-order valence-corrected chi connectivity index (χ4v) is 4.13. The Kier molecular flexibility index (Phi) is 8.10. The summed E-state index contributed by atoms with van der Waals surface area (Å²) in [6, 6.07) is 8.66. The summed E-state index contributed by atoms with van der Waals surface area (Å²) in [4.78, 5) is 33.7. The first-order valence-corrected chi connectivity index (χ1v) is 11.3. The van der Waals surface area contributed by atoms with Crippen LogP contribution in [0.25, 0.3) is 0 Å². The molecule has 2 heterocycles. The predicted octanol–water partition coefficient (Wildman–Crippen LogP) is 1.50. The minimum Gasteiger partial charge on any atom is -0.369 e. The summed E-state index contributed by atoms with van der Waals surface area (Å²) in [7, 11) is 0. The van der Waals surface area contributed by atoms with Gasteiger partial charge in [-0.1, -0.05) is 6.92 Å². The fraction of sp³-hybridized carbons (Fsp3) is 0.652. The molecule has 1 N–H and O–H groups in total. The summed E-state index contributed by atoms with van der Waals surface area (Å²) >= 11 is 0. The van der Waals surface area contributed by atoms with Gasteiger partial charge in [0.2, 0.25) is 5.91 Å². The highest BCUT2D eigenvalue weighted by Gasteiger charge is 2.24. The molecule has 0 aromatic heterocycles. The molecule has 7 nitrogen and oxygen atoms in total. The van der Waals surface area contributed by atoms with E-state index < -0.39 is 0 Å². The second-order valence-electron chi connectivity index (χ2n) is 8.58. The number of carbonyl (C=O) groups is 2. The molecule has 0 spiro atoms. The van der Waals surface area contributed by atoms with E-state index in [1.807, 2.05) is 24.0 Å². The topological polar surface area (TPSA) is 59.1 Å². The molecule has 0 unspecified atom stereocenters. The molecule has 30 heavy (non-hydrogen) atoms. The van der Waals surface area contributed by atoms with E-state index in [9.17, 15) is 9.59 Å². The first-order valence-electron chi connectivity index (χ1n) is 11.3. The van der Waals surface area contributed by atoms with E-state index in [2.05, 4.69) is 46.0 Å². The van der Waals surface area contributed by atoms with E-state index in [-0.39, 0.29) is 11.8 Å². The molecule has 166 valence electrons. The van der Waals surface area contributed by atoms with Crippen LogP contribution in [0.4, 0.5) is 5.69 Å². The number of anilines is 1. The van der Waals surface area contributed by atoms with Crippen molar-refractivity contribution in [3.05, 3.63) is 29.8 Å². The fourth-order valence-electron chi connectivity index (χ4n) is 4.13. The van der Waals surface area contributed by atoms with Gasteiger partial charge in [-0.05, 0) is 44.5 Å². The normalized spacial score (nSPS) is 18.7. The van der Waals surface area contributed by atoms with Gasteiger partial charge in [-0.2, -0.15) is 0 Å². The van der Waals surface area contributed by atoms with Gasteiger partial charge in [0.1, 0.15) is 0 Å². The highest BCUT2D eigenvalue weighted by Crippen LogP contribution is 2.19. The highest BCUT2D eigenvalue weighted by atomic mass is 16.2. The Morgan fingerprint density at radius 3 is 2.13 bits per heavy atom. The average Bonchev–Trinajstić information content (AvgIpc) is 2.78. The lowest BCUT2D eigenvalue weighted by atomic mass is 10.1. The van der Waals surface area contributed by atoms with Crippen LogP contribution in [0, 0.1) is 0 Å². The number of nitrogens with one attached hydrogen (secondary N) is 1. The Bertz CT molecular complexity index is 690. The van der Waals surface area contributed by atoms with Gasteiger partial charge in [-0.3, -0.25) is 19.4 Å². The number of rotatable bonds is 7. The van der Waals surface area contributed by atoms with Gasteiger partial charge < -0.3 is 15.1 Å². The van der Waals surface area contributed by atoms with Gasteiger partial charge in [0.05, 0.1) is 6.54 Å². The van der Waals surface area contributed by atoms with E-state index in [0.717, 1.165) is 57.8 Å². The second kappa shape index (κ2) is 10.8. The molecule has 2 fully saturated rings. The minimum absolute atomic E-state index is 0.0708. The van der Waals surface area contributed by atoms with Gasteiger partial charge >= 0.3 is 0 Å². The maximum absolute atomic E-state index is 12.9. The molecular formula is C23H37N5O2. The summed E-state index contributed by atoms with van der Waals surface area (Å²) in [6.07, 6.45) is 0.945. The third-order valence-corrected chi connectivity index (χ3v) is 6.12. The van der Waals surface area contributed by atoms with Gasteiger partial charge in [0.15, 0.2) is 0 Å². The lowest BCUT2D eigenvalue weighted by molar-refractivity contribution is -0.122. The number of hydrogen-bond acceptors (Lipinski definition) is 5. The molecule has 0 saturated carbocycles. The standard InChI is InChI=1S/C23H37N5O2/c1-4-9-24-22(29)18-25-10-12-28(13-11-25)23(30)20-5-7-21(8-6-20)27-16-14-26(15-17-27)19(2)3/h5-8,19H,4,9-18H2,1-3H3,(H,24,29). The van der Waals surface area contributed by atoms with Crippen molar-refractivity contribution < 1.29 is 9.59 Å². The van der Waals surface area contributed by atoms with Gasteiger partial charge in [0.25, 0.3) is 5.91 Å². The van der Waals surface area contributed by atoms with E-state index >= 15 is 0 Å². The maximum Gasteiger partial charge on any atom is 0.253 e. The molecule has 2 aliphatic heterocycles. The molecular weight excluding hydrogens is 378 g/mol. The Hall–Kier alpha value is -2.12. The van der Waals surface area contributed by atoms with Crippen LogP contribution in [0.1, 0.15) is 37.6 Å². The number of benzene rings is 1. The van der Waals surface area contributed by atoms with E-state index in [1.165, 1.54) is 5.69 Å². The first-order chi connectivity index (χ1) is 14.5. The maximum atomic E-state index is 12.9. The van der Waals surface area contributed by atoms with Crippen molar-refractivity contribution >= 4 is 17.5 Å². The third kappa shape index (κ3) is 5.95. The van der Waals surface area contributed by atoms with Crippen LogP contribution in [0.2, 0.25) is 0 Å². The molecule has 0 bridgehead atoms. The van der Waals surface area contributed by atoms with Crippen molar-refractivity contribution in [2.24, 2.45) is 0 Å². The van der Waals surface area contributed by atoms with Crippen molar-refractivity contribution in [3.63, 3.8) is 0 Å². The first kappa shape index (κ1) is 22.6. The summed E-state index contributed by atoms with van der Waals surface area (Å²) in [5.41, 5.74) is 1.94. The van der Waals surface area contributed by atoms with Crippen molar-refractivity contribution in [2.45, 2.75) is 33.2 Å². The molecule has 2 saturated heterocycles. The molecule has 0 aliphatic carbocycles. The molecule has 3 rings (SSSR count). The number of carbonyl (C=O) groups excluding carboxylic acids is 2. The Morgan fingerprint density at radius 2 is 1.57 bits per heavy atom. The van der Waals surface area contributed by atoms with Crippen LogP contribution in [-0.4, -0.2) is 98.0 Å². The van der Waals surface area contributed by atoms with Gasteiger partial charge in [-0.25, -0.2) is 0 Å². The second-order valence-corrected chi connectivity index (χ2v) is 8.58. The van der Waals surface area contributed by atoms with Crippen LogP contribution in [0.5, 0.6) is 0 Å². The largest absolute Gasteiger partial charge is 0.369 e. The number of piperazine rings is 2. The Balaban J connectivity index is 1.47.